The Kier molecular flexibility index (Phi) is 4.20. The van der Waals surface area contributed by atoms with Gasteiger partial charge in [-0.1, -0.05) is 11.6 Å². The van der Waals surface area contributed by atoms with Gasteiger partial charge >= 0.3 is 0 Å². The third-order valence-corrected chi connectivity index (χ3v) is 3.23. The highest BCUT2D eigenvalue weighted by Crippen LogP contribution is 2.30. The lowest BCUT2D eigenvalue weighted by molar-refractivity contribution is 0.471. The van der Waals surface area contributed by atoms with Crippen LogP contribution in [0, 0.1) is 11.3 Å². The Balaban J connectivity index is 2.30. The van der Waals surface area contributed by atoms with Crippen LogP contribution >= 0.6 is 27.5 Å². The largest absolute Gasteiger partial charge is 0.506 e. The predicted octanol–water partition coefficient (Wildman–Crippen LogP) is 4.43. The summed E-state index contributed by atoms with van der Waals surface area (Å²) in [6.45, 7) is 0. The molecule has 0 atom stereocenters. The summed E-state index contributed by atoms with van der Waals surface area (Å²) in [6, 6.07) is 12.1. The molecule has 0 fully saturated rings. The van der Waals surface area contributed by atoms with E-state index < -0.39 is 0 Å². The molecule has 0 unspecified atom stereocenters. The van der Waals surface area contributed by atoms with Gasteiger partial charge in [-0.05, 0) is 52.3 Å². The molecular formula is C14H8BrClN2O. The van der Waals surface area contributed by atoms with Crippen LogP contribution in [0.3, 0.4) is 0 Å². The number of halogens is 2. The number of phenolic OH excluding ortho intramolecular Hbond substituents is 1. The van der Waals surface area contributed by atoms with Gasteiger partial charge in [-0.3, -0.25) is 4.99 Å². The van der Waals surface area contributed by atoms with Crippen molar-refractivity contribution in [3.05, 3.63) is 57.0 Å². The summed E-state index contributed by atoms with van der Waals surface area (Å²) in [5, 5.41) is 19.0. The van der Waals surface area contributed by atoms with Crippen molar-refractivity contribution in [1.82, 2.24) is 0 Å². The summed E-state index contributed by atoms with van der Waals surface area (Å²) >= 11 is 9.11. The Morgan fingerprint density at radius 2 is 1.95 bits per heavy atom. The van der Waals surface area contributed by atoms with Crippen molar-refractivity contribution in [2.75, 3.05) is 0 Å². The van der Waals surface area contributed by atoms with E-state index in [1.54, 1.807) is 36.4 Å². The molecule has 0 heterocycles. The summed E-state index contributed by atoms with van der Waals surface area (Å²) in [5.74, 6) is 0.0850. The molecule has 0 spiro atoms. The Hall–Kier alpha value is -1.83. The predicted molar refractivity (Wildman–Crippen MR) is 79.2 cm³/mol. The fourth-order valence-electron chi connectivity index (χ4n) is 1.45. The quantitative estimate of drug-likeness (QED) is 0.825. The fourth-order valence-corrected chi connectivity index (χ4v) is 2.28. The molecule has 0 aliphatic carbocycles. The maximum atomic E-state index is 9.84. The van der Waals surface area contributed by atoms with Crippen molar-refractivity contribution in [1.29, 1.82) is 5.26 Å². The summed E-state index contributed by atoms with van der Waals surface area (Å²) < 4.78 is 0.515. The van der Waals surface area contributed by atoms with E-state index in [0.29, 0.717) is 26.3 Å². The first-order valence-corrected chi connectivity index (χ1v) is 6.49. The minimum atomic E-state index is 0.0850. The lowest BCUT2D eigenvalue weighted by Gasteiger charge is -2.02. The first kappa shape index (κ1) is 13.6. The SMILES string of the molecule is N#Cc1ccc(/N=C/c2cc(Cl)cc(Br)c2O)cc1. The molecule has 0 aliphatic heterocycles. The zero-order valence-electron chi connectivity index (χ0n) is 9.64. The molecule has 0 saturated heterocycles. The van der Waals surface area contributed by atoms with Gasteiger partial charge in [0.15, 0.2) is 0 Å². The molecule has 0 aromatic heterocycles. The topological polar surface area (TPSA) is 56.4 Å². The zero-order valence-corrected chi connectivity index (χ0v) is 12.0. The van der Waals surface area contributed by atoms with Gasteiger partial charge in [0.1, 0.15) is 5.75 Å². The minimum absolute atomic E-state index is 0.0850. The van der Waals surface area contributed by atoms with Crippen LogP contribution < -0.4 is 0 Å². The van der Waals surface area contributed by atoms with E-state index in [9.17, 15) is 5.11 Å². The van der Waals surface area contributed by atoms with E-state index in [-0.39, 0.29) is 5.75 Å². The van der Waals surface area contributed by atoms with E-state index in [1.807, 2.05) is 6.07 Å². The lowest BCUT2D eigenvalue weighted by atomic mass is 10.2. The number of aromatic hydroxyl groups is 1. The molecule has 0 bridgehead atoms. The van der Waals surface area contributed by atoms with Gasteiger partial charge in [-0.15, -0.1) is 0 Å². The number of phenols is 1. The molecule has 0 aliphatic rings. The molecule has 0 radical (unpaired) electrons. The molecule has 2 rings (SSSR count). The fraction of sp³-hybridized carbons (Fsp3) is 0. The molecule has 3 nitrogen and oxygen atoms in total. The highest BCUT2D eigenvalue weighted by molar-refractivity contribution is 9.10. The van der Waals surface area contributed by atoms with Gasteiger partial charge in [-0.2, -0.15) is 5.26 Å². The van der Waals surface area contributed by atoms with E-state index in [4.69, 9.17) is 16.9 Å². The normalized spacial score (nSPS) is 10.6. The smallest absolute Gasteiger partial charge is 0.138 e. The molecule has 1 N–H and O–H groups in total. The van der Waals surface area contributed by atoms with Crippen molar-refractivity contribution in [3.8, 4) is 11.8 Å². The highest BCUT2D eigenvalue weighted by Gasteiger charge is 2.05. The number of benzene rings is 2. The van der Waals surface area contributed by atoms with Crippen molar-refractivity contribution in [2.24, 2.45) is 4.99 Å². The Morgan fingerprint density at radius 3 is 2.58 bits per heavy atom. The second-order valence-corrected chi connectivity index (χ2v) is 5.03. The molecule has 19 heavy (non-hydrogen) atoms. The molecule has 2 aromatic carbocycles. The molecular weight excluding hydrogens is 328 g/mol. The molecule has 2 aromatic rings. The van der Waals surface area contributed by atoms with Crippen molar-refractivity contribution < 1.29 is 5.11 Å². The monoisotopic (exact) mass is 334 g/mol. The van der Waals surface area contributed by atoms with Crippen LogP contribution in [0.5, 0.6) is 5.75 Å². The van der Waals surface area contributed by atoms with Gasteiger partial charge in [0.05, 0.1) is 21.8 Å². The van der Waals surface area contributed by atoms with Crippen LogP contribution in [0.4, 0.5) is 5.69 Å². The van der Waals surface area contributed by atoms with Gasteiger partial charge in [0.2, 0.25) is 0 Å². The third kappa shape index (κ3) is 3.34. The van der Waals surface area contributed by atoms with Gasteiger partial charge in [0.25, 0.3) is 0 Å². The number of nitrogens with zero attached hydrogens (tertiary/aromatic N) is 2. The summed E-state index contributed by atoms with van der Waals surface area (Å²) in [5.41, 5.74) is 1.78. The highest BCUT2D eigenvalue weighted by atomic mass is 79.9. The average Bonchev–Trinajstić information content (AvgIpc) is 2.41. The van der Waals surface area contributed by atoms with Gasteiger partial charge < -0.3 is 5.11 Å². The molecule has 94 valence electrons. The number of aliphatic imine (C=N–C) groups is 1. The molecule has 0 amide bonds. The van der Waals surface area contributed by atoms with Crippen molar-refractivity contribution in [2.45, 2.75) is 0 Å². The van der Waals surface area contributed by atoms with Gasteiger partial charge in [-0.25, -0.2) is 0 Å². The Morgan fingerprint density at radius 1 is 1.26 bits per heavy atom. The van der Waals surface area contributed by atoms with Crippen LogP contribution in [0.2, 0.25) is 5.02 Å². The van der Waals surface area contributed by atoms with Crippen LogP contribution in [0.25, 0.3) is 0 Å². The Labute approximate surface area is 123 Å². The van der Waals surface area contributed by atoms with Crippen LogP contribution in [-0.2, 0) is 0 Å². The second kappa shape index (κ2) is 5.87. The average molecular weight is 336 g/mol. The first-order valence-electron chi connectivity index (χ1n) is 5.32. The van der Waals surface area contributed by atoms with E-state index in [1.165, 1.54) is 6.21 Å². The zero-order chi connectivity index (χ0) is 13.8. The maximum absolute atomic E-state index is 9.84. The van der Waals surface area contributed by atoms with Crippen molar-refractivity contribution in [3.63, 3.8) is 0 Å². The van der Waals surface area contributed by atoms with E-state index >= 15 is 0 Å². The van der Waals surface area contributed by atoms with Crippen LogP contribution in [0.1, 0.15) is 11.1 Å². The van der Waals surface area contributed by atoms with Gasteiger partial charge in [0, 0.05) is 16.8 Å². The summed E-state index contributed by atoms with van der Waals surface area (Å²) in [7, 11) is 0. The molecule has 0 saturated carbocycles. The lowest BCUT2D eigenvalue weighted by Crippen LogP contribution is -1.84. The number of rotatable bonds is 2. The maximum Gasteiger partial charge on any atom is 0.138 e. The summed E-state index contributed by atoms with van der Waals surface area (Å²) in [4.78, 5) is 4.22. The first-order chi connectivity index (χ1) is 9.10. The summed E-state index contributed by atoms with van der Waals surface area (Å²) in [6.07, 6.45) is 1.52. The number of hydrogen-bond acceptors (Lipinski definition) is 3. The number of nitriles is 1. The minimum Gasteiger partial charge on any atom is -0.506 e. The van der Waals surface area contributed by atoms with Crippen LogP contribution in [0.15, 0.2) is 45.9 Å². The van der Waals surface area contributed by atoms with Crippen molar-refractivity contribution >= 4 is 39.4 Å². The van der Waals surface area contributed by atoms with E-state index in [2.05, 4.69) is 20.9 Å². The van der Waals surface area contributed by atoms with E-state index in [0.717, 1.165) is 0 Å². The third-order valence-electron chi connectivity index (χ3n) is 2.41. The Bertz CT molecular complexity index is 675. The standard InChI is InChI=1S/C14H8BrClN2O/c15-13-6-11(16)5-10(14(13)19)8-18-12-3-1-9(7-17)2-4-12/h1-6,8,19H/b18-8+. The second-order valence-electron chi connectivity index (χ2n) is 3.74. The molecule has 5 heteroatoms. The van der Waals surface area contributed by atoms with Crippen LogP contribution in [-0.4, -0.2) is 11.3 Å². The number of hydrogen-bond donors (Lipinski definition) is 1.